The number of hydrogen-bond acceptors (Lipinski definition) is 2. The number of nitrogens with zero attached hydrogens (tertiary/aromatic N) is 2. The third kappa shape index (κ3) is 2.74. The van der Waals surface area contributed by atoms with E-state index in [-0.39, 0.29) is 28.6 Å². The summed E-state index contributed by atoms with van der Waals surface area (Å²) in [6, 6.07) is 4.81. The zero-order valence-electron chi connectivity index (χ0n) is 11.4. The van der Waals surface area contributed by atoms with Gasteiger partial charge in [-0.15, -0.1) is 0 Å². The van der Waals surface area contributed by atoms with Gasteiger partial charge in [0.05, 0.1) is 10.6 Å². The van der Waals surface area contributed by atoms with E-state index in [4.69, 9.17) is 11.6 Å². The van der Waals surface area contributed by atoms with Crippen molar-refractivity contribution in [2.75, 3.05) is 20.1 Å². The summed E-state index contributed by atoms with van der Waals surface area (Å²) >= 11 is 5.95. The number of carbonyl (C=O) groups excluding carboxylic acids is 1. The second-order valence-electron chi connectivity index (χ2n) is 5.17. The molecule has 1 fully saturated rings. The first-order valence-electron chi connectivity index (χ1n) is 6.37. The van der Waals surface area contributed by atoms with Crippen LogP contribution in [0.3, 0.4) is 0 Å². The van der Waals surface area contributed by atoms with E-state index in [9.17, 15) is 9.18 Å². The SMILES string of the molecule is CC1CN(C(=O)c2c(F)cccc2Cl)CC(C)N1C. The van der Waals surface area contributed by atoms with Crippen LogP contribution in [-0.2, 0) is 0 Å². The summed E-state index contributed by atoms with van der Waals surface area (Å²) < 4.78 is 13.8. The fraction of sp³-hybridized carbons (Fsp3) is 0.500. The van der Waals surface area contributed by atoms with Crippen molar-refractivity contribution < 1.29 is 9.18 Å². The van der Waals surface area contributed by atoms with E-state index < -0.39 is 5.82 Å². The molecule has 0 radical (unpaired) electrons. The van der Waals surface area contributed by atoms with E-state index in [1.165, 1.54) is 12.1 Å². The van der Waals surface area contributed by atoms with E-state index in [1.807, 2.05) is 7.05 Å². The lowest BCUT2D eigenvalue weighted by atomic mass is 10.1. The minimum atomic E-state index is -0.559. The molecule has 1 saturated heterocycles. The van der Waals surface area contributed by atoms with Crippen molar-refractivity contribution in [2.24, 2.45) is 0 Å². The zero-order valence-corrected chi connectivity index (χ0v) is 12.1. The minimum absolute atomic E-state index is 0.0203. The van der Waals surface area contributed by atoms with Gasteiger partial charge in [-0.05, 0) is 33.0 Å². The first kappa shape index (κ1) is 14.3. The van der Waals surface area contributed by atoms with Crippen LogP contribution in [0.4, 0.5) is 4.39 Å². The Morgan fingerprint density at radius 3 is 2.42 bits per heavy atom. The quantitative estimate of drug-likeness (QED) is 0.791. The van der Waals surface area contributed by atoms with Gasteiger partial charge in [0.1, 0.15) is 5.82 Å². The van der Waals surface area contributed by atoms with Gasteiger partial charge in [0, 0.05) is 25.2 Å². The number of hydrogen-bond donors (Lipinski definition) is 0. The lowest BCUT2D eigenvalue weighted by Crippen LogP contribution is -2.56. The van der Waals surface area contributed by atoms with Gasteiger partial charge in [-0.2, -0.15) is 0 Å². The van der Waals surface area contributed by atoms with Crippen molar-refractivity contribution in [1.29, 1.82) is 0 Å². The van der Waals surface area contributed by atoms with E-state index in [2.05, 4.69) is 18.7 Å². The lowest BCUT2D eigenvalue weighted by Gasteiger charge is -2.42. The monoisotopic (exact) mass is 284 g/mol. The maximum absolute atomic E-state index is 13.8. The normalized spacial score (nSPS) is 24.6. The van der Waals surface area contributed by atoms with Crippen molar-refractivity contribution in [3.63, 3.8) is 0 Å². The molecule has 0 N–H and O–H groups in total. The number of likely N-dealkylation sites (N-methyl/N-ethyl adjacent to an activating group) is 1. The van der Waals surface area contributed by atoms with Crippen molar-refractivity contribution in [1.82, 2.24) is 9.80 Å². The Morgan fingerprint density at radius 1 is 1.32 bits per heavy atom. The molecule has 0 saturated carbocycles. The molecule has 0 aromatic heterocycles. The van der Waals surface area contributed by atoms with E-state index in [0.29, 0.717) is 13.1 Å². The number of rotatable bonds is 1. The largest absolute Gasteiger partial charge is 0.335 e. The van der Waals surface area contributed by atoms with Crippen LogP contribution in [0, 0.1) is 5.82 Å². The number of halogens is 2. The summed E-state index contributed by atoms with van der Waals surface area (Å²) in [6.07, 6.45) is 0. The molecular weight excluding hydrogens is 267 g/mol. The van der Waals surface area contributed by atoms with Gasteiger partial charge in [-0.25, -0.2) is 4.39 Å². The van der Waals surface area contributed by atoms with Gasteiger partial charge in [-0.1, -0.05) is 17.7 Å². The van der Waals surface area contributed by atoms with Crippen molar-refractivity contribution in [3.05, 3.63) is 34.6 Å². The molecule has 1 aromatic carbocycles. The smallest absolute Gasteiger partial charge is 0.258 e. The maximum atomic E-state index is 13.8. The van der Waals surface area contributed by atoms with Crippen molar-refractivity contribution in [2.45, 2.75) is 25.9 Å². The molecule has 5 heteroatoms. The van der Waals surface area contributed by atoms with Gasteiger partial charge in [0.25, 0.3) is 5.91 Å². The summed E-state index contributed by atoms with van der Waals surface area (Å²) in [5.41, 5.74) is -0.0203. The molecule has 2 unspecified atom stereocenters. The number of benzene rings is 1. The van der Waals surface area contributed by atoms with Crippen LogP contribution in [0.2, 0.25) is 5.02 Å². The molecule has 19 heavy (non-hydrogen) atoms. The highest BCUT2D eigenvalue weighted by Crippen LogP contribution is 2.23. The lowest BCUT2D eigenvalue weighted by molar-refractivity contribution is 0.0410. The fourth-order valence-corrected chi connectivity index (χ4v) is 2.67. The summed E-state index contributed by atoms with van der Waals surface area (Å²) in [6.45, 7) is 5.28. The Labute approximate surface area is 117 Å². The molecule has 1 aromatic rings. The average molecular weight is 285 g/mol. The third-order valence-electron chi connectivity index (χ3n) is 3.82. The number of piperazine rings is 1. The molecule has 2 rings (SSSR count). The molecule has 1 heterocycles. The first-order chi connectivity index (χ1) is 8.91. The molecule has 2 atom stereocenters. The highest BCUT2D eigenvalue weighted by atomic mass is 35.5. The van der Waals surface area contributed by atoms with E-state index in [0.717, 1.165) is 0 Å². The van der Waals surface area contributed by atoms with Gasteiger partial charge in [0.2, 0.25) is 0 Å². The zero-order chi connectivity index (χ0) is 14.2. The summed E-state index contributed by atoms with van der Waals surface area (Å²) in [4.78, 5) is 16.3. The summed E-state index contributed by atoms with van der Waals surface area (Å²) in [7, 11) is 2.03. The minimum Gasteiger partial charge on any atom is -0.335 e. The van der Waals surface area contributed by atoms with E-state index >= 15 is 0 Å². The van der Waals surface area contributed by atoms with Crippen molar-refractivity contribution in [3.8, 4) is 0 Å². The molecule has 0 aliphatic carbocycles. The molecule has 1 aliphatic rings. The third-order valence-corrected chi connectivity index (χ3v) is 4.14. The van der Waals surface area contributed by atoms with Crippen molar-refractivity contribution >= 4 is 17.5 Å². The molecule has 104 valence electrons. The molecule has 0 bridgehead atoms. The molecule has 1 amide bonds. The first-order valence-corrected chi connectivity index (χ1v) is 6.74. The van der Waals surface area contributed by atoms with Gasteiger partial charge in [0.15, 0.2) is 0 Å². The van der Waals surface area contributed by atoms with E-state index in [1.54, 1.807) is 11.0 Å². The van der Waals surface area contributed by atoms with Crippen LogP contribution in [0.15, 0.2) is 18.2 Å². The predicted molar refractivity (Wildman–Crippen MR) is 74.0 cm³/mol. The highest BCUT2D eigenvalue weighted by molar-refractivity contribution is 6.33. The molecule has 1 aliphatic heterocycles. The maximum Gasteiger partial charge on any atom is 0.258 e. The van der Waals surface area contributed by atoms with Crippen LogP contribution < -0.4 is 0 Å². The number of carbonyl (C=O) groups is 1. The van der Waals surface area contributed by atoms with Gasteiger partial charge < -0.3 is 4.90 Å². The van der Waals surface area contributed by atoms with Crippen LogP contribution in [-0.4, -0.2) is 47.9 Å². The molecule has 3 nitrogen and oxygen atoms in total. The van der Waals surface area contributed by atoms with Crippen LogP contribution in [0.5, 0.6) is 0 Å². The Balaban J connectivity index is 2.25. The second-order valence-corrected chi connectivity index (χ2v) is 5.58. The Kier molecular flexibility index (Phi) is 4.11. The Morgan fingerprint density at radius 2 is 1.89 bits per heavy atom. The Bertz CT molecular complexity index is 462. The van der Waals surface area contributed by atoms with Crippen LogP contribution >= 0.6 is 11.6 Å². The predicted octanol–water partition coefficient (Wildman–Crippen LogP) is 2.64. The van der Waals surface area contributed by atoms with Gasteiger partial charge in [-0.3, -0.25) is 9.69 Å². The van der Waals surface area contributed by atoms with Crippen LogP contribution in [0.1, 0.15) is 24.2 Å². The fourth-order valence-electron chi connectivity index (χ4n) is 2.43. The second kappa shape index (κ2) is 5.47. The highest BCUT2D eigenvalue weighted by Gasteiger charge is 2.31. The molecular formula is C14H18ClFN2O. The number of amides is 1. The standard InChI is InChI=1S/C14H18ClFN2O/c1-9-7-18(8-10(2)17(9)3)14(19)13-11(15)5-4-6-12(13)16/h4-6,9-10H,7-8H2,1-3H3. The topological polar surface area (TPSA) is 23.6 Å². The van der Waals surface area contributed by atoms with Crippen LogP contribution in [0.25, 0.3) is 0 Å². The Hall–Kier alpha value is -1.13. The summed E-state index contributed by atoms with van der Waals surface area (Å²) in [5.74, 6) is -0.883. The van der Waals surface area contributed by atoms with Gasteiger partial charge >= 0.3 is 0 Å². The molecule has 0 spiro atoms. The summed E-state index contributed by atoms with van der Waals surface area (Å²) in [5, 5.41) is 0.171. The average Bonchev–Trinajstić information content (AvgIpc) is 2.35.